The first-order valence-electron chi connectivity index (χ1n) is 35.2. The Morgan fingerprint density at radius 3 is 1.44 bits per heavy atom. The molecule has 105 heavy (non-hydrogen) atoms. The van der Waals surface area contributed by atoms with Crippen LogP contribution in [0.4, 0.5) is 0 Å². The monoisotopic (exact) mass is 1490 g/mol. The first kappa shape index (κ1) is 91.1. The summed E-state index contributed by atoms with van der Waals surface area (Å²) in [5, 5.41) is 70.0. The number of aliphatic hydroxyl groups is 2. The molecule has 14 atom stereocenters. The summed E-state index contributed by atoms with van der Waals surface area (Å²) in [5.41, 5.74) is 27.8. The molecule has 38 heteroatoms. The third kappa shape index (κ3) is 33.1. The Morgan fingerprint density at radius 2 is 0.962 bits per heavy atom. The Kier molecular flexibility index (Phi) is 39.9. The fourth-order valence-electron chi connectivity index (χ4n) is 11.0. The molecule has 1 saturated heterocycles. The van der Waals surface area contributed by atoms with E-state index in [0.29, 0.717) is 18.4 Å². The molecule has 1 aromatic rings. The number of carboxylic acid groups (broad SMARTS) is 1. The van der Waals surface area contributed by atoms with Crippen molar-refractivity contribution >= 4 is 94.7 Å². The highest BCUT2D eigenvalue weighted by Crippen LogP contribution is 2.21. The van der Waals surface area contributed by atoms with E-state index in [1.807, 2.05) is 0 Å². The SMILES string of the molecule is CCC(C)C(NC(=O)C1CCCN1C(=O)C(C)NC(=O)C(CC(C)C)NC(=O)C(CC(C)C)NC(=O)C(CCCN=C(N)N)NC(=O)C(CC(C)C)NC(=O)CNC(=O)C(CCCN=C(N)N)NC(=O)CN)C(=O)NC(C(=O)NC(C)C(=O)NC(Cc1ccc(O)cc1)C(=O)NC(CO)C(=O)O)C(C)O. The van der Waals surface area contributed by atoms with Gasteiger partial charge in [0.05, 0.1) is 25.8 Å². The molecule has 0 saturated carbocycles. The summed E-state index contributed by atoms with van der Waals surface area (Å²) in [6, 6.07) is -11.1. The molecule has 0 spiro atoms. The molecule has 1 fully saturated rings. The van der Waals surface area contributed by atoms with Gasteiger partial charge in [-0.2, -0.15) is 0 Å². The first-order valence-corrected chi connectivity index (χ1v) is 35.2. The van der Waals surface area contributed by atoms with Gasteiger partial charge in [-0.25, -0.2) is 4.79 Å². The lowest BCUT2D eigenvalue weighted by molar-refractivity contribution is -0.143. The van der Waals surface area contributed by atoms with E-state index in [1.54, 1.807) is 55.4 Å². The second-order valence-corrected chi connectivity index (χ2v) is 27.4. The highest BCUT2D eigenvalue weighted by Gasteiger charge is 2.41. The summed E-state index contributed by atoms with van der Waals surface area (Å²) in [5.74, 6) is -14.2. The van der Waals surface area contributed by atoms with Gasteiger partial charge in [-0.1, -0.05) is 73.9 Å². The smallest absolute Gasteiger partial charge is 0.328 e. The third-order valence-electron chi connectivity index (χ3n) is 16.8. The molecule has 0 radical (unpaired) electrons. The summed E-state index contributed by atoms with van der Waals surface area (Å²) in [7, 11) is 0. The van der Waals surface area contributed by atoms with Gasteiger partial charge in [-0.3, -0.25) is 72.3 Å². The number of nitrogens with zero attached hydrogens (tertiary/aromatic N) is 3. The predicted octanol–water partition coefficient (Wildman–Crippen LogP) is -5.88. The summed E-state index contributed by atoms with van der Waals surface area (Å²) in [6.07, 6.45) is -0.555. The Bertz CT molecular complexity index is 3160. The maximum absolute atomic E-state index is 14.5. The molecule has 14 unspecified atom stereocenters. The van der Waals surface area contributed by atoms with Gasteiger partial charge in [0.15, 0.2) is 11.9 Å². The van der Waals surface area contributed by atoms with Crippen LogP contribution in [-0.2, 0) is 73.5 Å². The van der Waals surface area contributed by atoms with Crippen molar-refractivity contribution in [2.24, 2.45) is 62.3 Å². The van der Waals surface area contributed by atoms with Crippen molar-refractivity contribution in [3.8, 4) is 5.75 Å². The third-order valence-corrected chi connectivity index (χ3v) is 16.8. The number of hydrogen-bond donors (Lipinski definition) is 21. The molecule has 13 amide bonds. The fraction of sp³-hybridized carbons (Fsp3) is 0.672. The van der Waals surface area contributed by atoms with Crippen molar-refractivity contribution in [3.05, 3.63) is 29.8 Å². The molecular formula is C67H114N20O18. The number of nitrogens with two attached hydrogens (primary N) is 5. The number of likely N-dealkylation sites (tertiary alicyclic amines) is 1. The number of benzene rings is 1. The van der Waals surface area contributed by atoms with Gasteiger partial charge < -0.3 is 118 Å². The molecule has 1 heterocycles. The number of aliphatic carboxylic acids is 1. The zero-order chi connectivity index (χ0) is 79.5. The van der Waals surface area contributed by atoms with Crippen molar-refractivity contribution in [1.82, 2.24) is 68.7 Å². The number of aromatic hydroxyl groups is 1. The van der Waals surface area contributed by atoms with Crippen LogP contribution in [0.25, 0.3) is 0 Å². The number of amides is 13. The Morgan fingerprint density at radius 1 is 0.524 bits per heavy atom. The molecule has 38 nitrogen and oxygen atoms in total. The Labute approximate surface area is 611 Å². The minimum Gasteiger partial charge on any atom is -0.508 e. The van der Waals surface area contributed by atoms with Crippen LogP contribution < -0.4 is 92.5 Å². The Balaban J connectivity index is 2.32. The van der Waals surface area contributed by atoms with Crippen LogP contribution >= 0.6 is 0 Å². The predicted molar refractivity (Wildman–Crippen MR) is 385 cm³/mol. The molecule has 1 aliphatic rings. The van der Waals surface area contributed by atoms with Gasteiger partial charge in [0, 0.05) is 26.1 Å². The van der Waals surface area contributed by atoms with Crippen LogP contribution in [0.2, 0.25) is 0 Å². The highest BCUT2D eigenvalue weighted by molar-refractivity contribution is 6.00. The number of aliphatic imine (C=N–C) groups is 2. The Hall–Kier alpha value is -9.98. The molecule has 2 rings (SSSR count). The molecule has 0 aliphatic carbocycles. The zero-order valence-corrected chi connectivity index (χ0v) is 61.9. The maximum atomic E-state index is 14.5. The number of carboxylic acids is 1. The summed E-state index contributed by atoms with van der Waals surface area (Å²) < 4.78 is 0. The standard InChI is InChI=1S/C67H114N20O18/c1-12-36(8)52(62(101)86-53(39(11)89)63(102)76-37(9)54(93)81-47(29-40-19-21-41(90)22-20-40)60(99)84-48(32-88)65(104)105)85-61(100)49-18-15-25-87(49)64(103)38(10)77-57(96)45(27-34(4)5)83-59(98)46(28-35(6)7)82-56(95)43(17-14-24-74-67(71)72)80-58(97)44(26-33(2)3)79-51(92)31-75-55(94)42(78-50(91)30-68)16-13-23-73-66(69)70/h19-22,33-39,42-49,52-53,88-90H,12-18,23-32,68H2,1-11H3,(H,75,94)(H,76,102)(H,77,96)(H,78,91)(H,79,92)(H,80,97)(H,81,93)(H,82,95)(H,83,98)(H,84,99)(H,85,100)(H,86,101)(H,104,105)(H4,69,70,73)(H4,71,72,74). The van der Waals surface area contributed by atoms with Gasteiger partial charge in [-0.05, 0) is 120 Å². The van der Waals surface area contributed by atoms with Crippen LogP contribution in [0, 0.1) is 23.7 Å². The largest absolute Gasteiger partial charge is 0.508 e. The van der Waals surface area contributed by atoms with E-state index >= 15 is 0 Å². The molecule has 0 bridgehead atoms. The number of carbonyl (C=O) groups excluding carboxylic acids is 13. The molecule has 1 aromatic carbocycles. The van der Waals surface area contributed by atoms with Crippen molar-refractivity contribution in [2.45, 2.75) is 225 Å². The normalized spacial score (nSPS) is 16.4. The number of guanidine groups is 2. The second kappa shape index (κ2) is 46.0. The van der Waals surface area contributed by atoms with E-state index < -0.39 is 187 Å². The van der Waals surface area contributed by atoms with Gasteiger partial charge in [0.1, 0.15) is 78.3 Å². The van der Waals surface area contributed by atoms with Crippen LogP contribution in [0.5, 0.6) is 5.75 Å². The minimum atomic E-state index is -1.74. The molecular weight excluding hydrogens is 1370 g/mol. The van der Waals surface area contributed by atoms with Gasteiger partial charge >= 0.3 is 5.97 Å². The fourth-order valence-corrected chi connectivity index (χ4v) is 11.0. The summed E-state index contributed by atoms with van der Waals surface area (Å²) in [6.45, 7) is 16.0. The molecule has 26 N–H and O–H groups in total. The van der Waals surface area contributed by atoms with Crippen LogP contribution in [-0.4, -0.2) is 238 Å². The molecule has 0 aromatic heterocycles. The van der Waals surface area contributed by atoms with E-state index in [4.69, 9.17) is 28.7 Å². The van der Waals surface area contributed by atoms with Crippen molar-refractivity contribution in [1.29, 1.82) is 0 Å². The lowest BCUT2D eigenvalue weighted by Gasteiger charge is -2.32. The zero-order valence-electron chi connectivity index (χ0n) is 61.9. The summed E-state index contributed by atoms with van der Waals surface area (Å²) in [4.78, 5) is 200. The van der Waals surface area contributed by atoms with Gasteiger partial charge in [0.2, 0.25) is 76.8 Å². The van der Waals surface area contributed by atoms with E-state index in [9.17, 15) is 87.5 Å². The lowest BCUT2D eigenvalue weighted by atomic mass is 9.97. The van der Waals surface area contributed by atoms with Gasteiger partial charge in [0.25, 0.3) is 0 Å². The number of rotatable bonds is 46. The number of phenols is 1. The van der Waals surface area contributed by atoms with Crippen LogP contribution in [0.3, 0.4) is 0 Å². The number of hydrogen-bond acceptors (Lipinski definition) is 20. The van der Waals surface area contributed by atoms with E-state index in [-0.39, 0.29) is 113 Å². The highest BCUT2D eigenvalue weighted by atomic mass is 16.4. The average Bonchev–Trinajstić information content (AvgIpc) is 1.75. The number of phenolic OH excluding ortho intramolecular Hbond substituents is 1. The van der Waals surface area contributed by atoms with Crippen molar-refractivity contribution < 1.29 is 87.5 Å². The number of aliphatic hydroxyl groups excluding tert-OH is 2. The lowest BCUT2D eigenvalue weighted by Crippen LogP contribution is -2.62. The second-order valence-electron chi connectivity index (χ2n) is 27.4. The first-order chi connectivity index (χ1) is 49.2. The van der Waals surface area contributed by atoms with E-state index in [0.717, 1.165) is 0 Å². The summed E-state index contributed by atoms with van der Waals surface area (Å²) >= 11 is 0. The van der Waals surface area contributed by atoms with Crippen molar-refractivity contribution in [2.75, 3.05) is 39.3 Å². The van der Waals surface area contributed by atoms with Crippen molar-refractivity contribution in [3.63, 3.8) is 0 Å². The van der Waals surface area contributed by atoms with Crippen LogP contribution in [0.1, 0.15) is 146 Å². The molecule has 590 valence electrons. The quantitative estimate of drug-likeness (QED) is 0.0164. The van der Waals surface area contributed by atoms with Crippen LogP contribution in [0.15, 0.2) is 34.3 Å². The topological polar surface area (TPSA) is 622 Å². The average molecular weight is 1490 g/mol. The van der Waals surface area contributed by atoms with E-state index in [1.165, 1.54) is 49.9 Å². The number of nitrogens with one attached hydrogen (secondary N) is 12. The molecule has 1 aliphatic heterocycles. The maximum Gasteiger partial charge on any atom is 0.328 e. The number of carbonyl (C=O) groups is 14. The van der Waals surface area contributed by atoms with E-state index in [2.05, 4.69) is 73.8 Å². The van der Waals surface area contributed by atoms with Gasteiger partial charge in [-0.15, -0.1) is 0 Å². The minimum absolute atomic E-state index is 0.0277.